The maximum Gasteiger partial charge on any atom is 0.333 e. The molecule has 0 aromatic heterocycles. The summed E-state index contributed by atoms with van der Waals surface area (Å²) in [6.07, 6.45) is 8.33. The Morgan fingerprint density at radius 1 is 0.456 bits per heavy atom. The van der Waals surface area contributed by atoms with Crippen molar-refractivity contribution in [3.63, 3.8) is 0 Å². The molecule has 0 saturated carbocycles. The minimum absolute atomic E-state index is 0.154. The zero-order chi connectivity index (χ0) is 59.2. The lowest BCUT2D eigenvalue weighted by Crippen LogP contribution is -2.47. The standard InChI is InChI=1S/C67H104O12/c1-20-58(68)78-64(12,13)52(47-72-54-32-23-21-24-33-54)49-76-66(16,17)60(4,5)38-27-29-42-74-62(8,9)40-44-70-56-36-31-37-57(46-56)71-45-41-63(10,11)75-43-30-28-39-61(6,7)67(18,19)77-50-53(48-73-55-34-25-22-26-35-55)65(14,15)79-59(69)51(2)3/h20-26,31-37,46,52-53H,1-2,27-30,38-45,47-50H2,3-19H3. The van der Waals surface area contributed by atoms with E-state index in [9.17, 15) is 9.59 Å². The number of benzene rings is 3. The van der Waals surface area contributed by atoms with Gasteiger partial charge in [0.05, 0.1) is 73.9 Å². The van der Waals surface area contributed by atoms with Crippen LogP contribution in [0.5, 0.6) is 23.0 Å². The van der Waals surface area contributed by atoms with E-state index in [0.717, 1.165) is 74.4 Å². The van der Waals surface area contributed by atoms with Gasteiger partial charge in [-0.05, 0) is 163 Å². The molecule has 3 rings (SSSR count). The molecule has 0 bridgehead atoms. The predicted octanol–water partition coefficient (Wildman–Crippen LogP) is 15.6. The Hall–Kier alpha value is -4.88. The van der Waals surface area contributed by atoms with E-state index in [0.29, 0.717) is 58.4 Å². The van der Waals surface area contributed by atoms with Crippen molar-refractivity contribution < 1.29 is 57.0 Å². The summed E-state index contributed by atoms with van der Waals surface area (Å²) in [5, 5.41) is 0. The summed E-state index contributed by atoms with van der Waals surface area (Å²) in [7, 11) is 0. The lowest BCUT2D eigenvalue weighted by atomic mass is 9.73. The maximum absolute atomic E-state index is 12.6. The third-order valence-corrected chi connectivity index (χ3v) is 16.3. The van der Waals surface area contributed by atoms with Gasteiger partial charge in [0.25, 0.3) is 0 Å². The van der Waals surface area contributed by atoms with Crippen LogP contribution in [0.15, 0.2) is 110 Å². The normalized spacial score (nSPS) is 13.7. The van der Waals surface area contributed by atoms with Crippen molar-refractivity contribution in [2.75, 3.05) is 52.9 Å². The van der Waals surface area contributed by atoms with Crippen molar-refractivity contribution in [2.24, 2.45) is 22.7 Å². The first-order valence-electron chi connectivity index (χ1n) is 28.7. The molecular weight excluding hydrogens is 997 g/mol. The molecular formula is C67H104O12. The number of para-hydroxylation sites is 2. The molecule has 0 N–H and O–H groups in total. The van der Waals surface area contributed by atoms with Crippen molar-refractivity contribution >= 4 is 11.9 Å². The van der Waals surface area contributed by atoms with Crippen molar-refractivity contribution in [3.05, 3.63) is 110 Å². The molecule has 12 nitrogen and oxygen atoms in total. The second-order valence-corrected chi connectivity index (χ2v) is 25.9. The van der Waals surface area contributed by atoms with Gasteiger partial charge in [0.2, 0.25) is 0 Å². The van der Waals surface area contributed by atoms with Crippen molar-refractivity contribution in [1.82, 2.24) is 0 Å². The Kier molecular flexibility index (Phi) is 26.7. The molecule has 3 aromatic rings. The van der Waals surface area contributed by atoms with Crippen LogP contribution in [0.1, 0.15) is 169 Å². The first-order chi connectivity index (χ1) is 36.7. The number of esters is 2. The van der Waals surface area contributed by atoms with Crippen molar-refractivity contribution in [3.8, 4) is 23.0 Å². The number of carbonyl (C=O) groups is 2. The maximum atomic E-state index is 12.6. The minimum atomic E-state index is -0.855. The molecule has 79 heavy (non-hydrogen) atoms. The number of hydrogen-bond donors (Lipinski definition) is 0. The summed E-state index contributed by atoms with van der Waals surface area (Å²) in [5.41, 5.74) is -3.33. The van der Waals surface area contributed by atoms with Gasteiger partial charge in [-0.2, -0.15) is 0 Å². The third kappa shape index (κ3) is 24.4. The van der Waals surface area contributed by atoms with Crippen LogP contribution in [0.3, 0.4) is 0 Å². The quantitative estimate of drug-likeness (QED) is 0.0306. The Morgan fingerprint density at radius 2 is 0.835 bits per heavy atom. The highest BCUT2D eigenvalue weighted by Crippen LogP contribution is 2.41. The first kappa shape index (κ1) is 68.4. The minimum Gasteiger partial charge on any atom is -0.493 e. The zero-order valence-electron chi connectivity index (χ0n) is 51.9. The average molecular weight is 1100 g/mol. The largest absolute Gasteiger partial charge is 0.493 e. The number of hydrogen-bond acceptors (Lipinski definition) is 12. The van der Waals surface area contributed by atoms with Gasteiger partial charge in [0.1, 0.15) is 34.2 Å². The summed E-state index contributed by atoms with van der Waals surface area (Å²) in [5.74, 6) is 1.64. The average Bonchev–Trinajstić information content (AvgIpc) is 3.36. The monoisotopic (exact) mass is 1100 g/mol. The Morgan fingerprint density at radius 3 is 1.22 bits per heavy atom. The van der Waals surface area contributed by atoms with Crippen molar-refractivity contribution in [2.45, 2.75) is 203 Å². The molecule has 0 heterocycles. The van der Waals surface area contributed by atoms with Gasteiger partial charge in [0.15, 0.2) is 0 Å². The van der Waals surface area contributed by atoms with Crippen LogP contribution in [0, 0.1) is 22.7 Å². The van der Waals surface area contributed by atoms with E-state index in [2.05, 4.69) is 96.2 Å². The molecule has 0 fully saturated rings. The van der Waals surface area contributed by atoms with Crippen LogP contribution in [0.25, 0.3) is 0 Å². The SMILES string of the molecule is C=CC(=O)OC(C)(C)C(COc1ccccc1)COC(C)(C)C(C)(C)CCCCOC(C)(C)CCOc1cccc(OCCC(C)(C)OCCCCC(C)(C)C(C)(C)OCC(COc2ccccc2)C(C)(C)OC(=O)C(=C)C)c1. The van der Waals surface area contributed by atoms with E-state index >= 15 is 0 Å². The summed E-state index contributed by atoms with van der Waals surface area (Å²) in [4.78, 5) is 24.9. The van der Waals surface area contributed by atoms with Crippen LogP contribution in [-0.2, 0) is 38.0 Å². The van der Waals surface area contributed by atoms with E-state index in [4.69, 9.17) is 47.4 Å². The van der Waals surface area contributed by atoms with Crippen LogP contribution in [0.2, 0.25) is 0 Å². The fourth-order valence-corrected chi connectivity index (χ4v) is 8.39. The van der Waals surface area contributed by atoms with Crippen LogP contribution in [0.4, 0.5) is 0 Å². The molecule has 0 saturated heterocycles. The third-order valence-electron chi connectivity index (χ3n) is 16.3. The van der Waals surface area contributed by atoms with E-state index in [1.807, 2.05) is 113 Å². The lowest BCUT2D eigenvalue weighted by Gasteiger charge is -2.44. The lowest BCUT2D eigenvalue weighted by molar-refractivity contribution is -0.171. The summed E-state index contributed by atoms with van der Waals surface area (Å²) >= 11 is 0. The topological polar surface area (TPSA) is 126 Å². The van der Waals surface area contributed by atoms with Gasteiger partial charge in [0, 0.05) is 43.8 Å². The smallest absolute Gasteiger partial charge is 0.333 e. The Bertz CT molecular complexity index is 2280. The van der Waals surface area contributed by atoms with Crippen molar-refractivity contribution in [1.29, 1.82) is 0 Å². The molecule has 0 amide bonds. The number of rotatable bonds is 40. The molecule has 2 atom stereocenters. The van der Waals surface area contributed by atoms with E-state index in [1.54, 1.807) is 6.92 Å². The second kappa shape index (κ2) is 30.8. The van der Waals surface area contributed by atoms with Gasteiger partial charge in [-0.1, -0.05) is 96.2 Å². The molecule has 0 spiro atoms. The van der Waals surface area contributed by atoms with Gasteiger partial charge < -0.3 is 47.4 Å². The fourth-order valence-electron chi connectivity index (χ4n) is 8.39. The van der Waals surface area contributed by atoms with Crippen LogP contribution in [-0.4, -0.2) is 98.4 Å². The molecule has 0 aliphatic carbocycles. The first-order valence-corrected chi connectivity index (χ1v) is 28.7. The Balaban J connectivity index is 1.37. The molecule has 2 unspecified atom stereocenters. The highest BCUT2D eigenvalue weighted by atomic mass is 16.6. The molecule has 3 aromatic carbocycles. The van der Waals surface area contributed by atoms with Gasteiger partial charge >= 0.3 is 11.9 Å². The van der Waals surface area contributed by atoms with Gasteiger partial charge in [-0.3, -0.25) is 0 Å². The molecule has 0 radical (unpaired) electrons. The fraction of sp³-hybridized carbons (Fsp3) is 0.642. The summed E-state index contributed by atoms with van der Waals surface area (Å²) in [6, 6.07) is 27.1. The number of ether oxygens (including phenoxy) is 10. The molecule has 0 aliphatic heterocycles. The van der Waals surface area contributed by atoms with E-state index in [1.165, 1.54) is 6.08 Å². The number of unbranched alkanes of at least 4 members (excludes halogenated alkanes) is 2. The second-order valence-electron chi connectivity index (χ2n) is 25.9. The van der Waals surface area contributed by atoms with Gasteiger partial charge in [-0.25, -0.2) is 9.59 Å². The van der Waals surface area contributed by atoms with E-state index in [-0.39, 0.29) is 33.9 Å². The van der Waals surface area contributed by atoms with Crippen LogP contribution < -0.4 is 18.9 Å². The van der Waals surface area contributed by atoms with E-state index < -0.39 is 34.3 Å². The molecule has 444 valence electrons. The molecule has 12 heteroatoms. The summed E-state index contributed by atoms with van der Waals surface area (Å²) < 4.78 is 62.5. The number of carbonyl (C=O) groups excluding carboxylic acids is 2. The highest BCUT2D eigenvalue weighted by Gasteiger charge is 2.43. The van der Waals surface area contributed by atoms with Gasteiger partial charge in [-0.15, -0.1) is 0 Å². The summed E-state index contributed by atoms with van der Waals surface area (Å²) in [6.45, 7) is 46.2. The Labute approximate surface area is 478 Å². The molecule has 0 aliphatic rings. The van der Waals surface area contributed by atoms with Crippen LogP contribution >= 0.6 is 0 Å². The highest BCUT2D eigenvalue weighted by molar-refractivity contribution is 5.87. The zero-order valence-corrected chi connectivity index (χ0v) is 51.9. The predicted molar refractivity (Wildman–Crippen MR) is 318 cm³/mol.